The van der Waals surface area contributed by atoms with E-state index in [9.17, 15) is 4.79 Å². The van der Waals surface area contributed by atoms with Crippen LogP contribution in [-0.4, -0.2) is 23.9 Å². The third-order valence-electron chi connectivity index (χ3n) is 5.00. The van der Waals surface area contributed by atoms with Gasteiger partial charge in [-0.1, -0.05) is 31.2 Å². The number of anilines is 1. The molecule has 3 heteroatoms. The van der Waals surface area contributed by atoms with E-state index in [2.05, 4.69) is 35.3 Å². The minimum absolute atomic E-state index is 0.0492. The Bertz CT molecular complexity index is 736. The largest absolute Gasteiger partial charge is 0.322 e. The van der Waals surface area contributed by atoms with E-state index < -0.39 is 0 Å². The fourth-order valence-electron chi connectivity index (χ4n) is 3.52. The molecule has 1 aliphatic heterocycles. The maximum Gasteiger partial charge on any atom is 0.255 e. The Balaban J connectivity index is 1.63. The molecule has 2 aromatic rings. The number of nitrogens with zero attached hydrogens (tertiary/aromatic N) is 1. The van der Waals surface area contributed by atoms with Gasteiger partial charge in [-0.15, -0.1) is 0 Å². The fraction of sp³-hybridized carbons (Fsp3) is 0.409. The molecular formula is C22H28N2O. The van der Waals surface area contributed by atoms with Crippen LogP contribution in [0, 0.1) is 19.8 Å². The minimum Gasteiger partial charge on any atom is -0.322 e. The van der Waals surface area contributed by atoms with Crippen molar-refractivity contribution in [1.29, 1.82) is 0 Å². The Morgan fingerprint density at radius 2 is 1.92 bits per heavy atom. The predicted molar refractivity (Wildman–Crippen MR) is 104 cm³/mol. The lowest BCUT2D eigenvalue weighted by Gasteiger charge is -2.30. The van der Waals surface area contributed by atoms with Gasteiger partial charge in [-0.3, -0.25) is 9.69 Å². The Labute approximate surface area is 151 Å². The third kappa shape index (κ3) is 4.70. The molecular weight excluding hydrogens is 308 g/mol. The highest BCUT2D eigenvalue weighted by Gasteiger charge is 2.16. The van der Waals surface area contributed by atoms with Crippen LogP contribution in [0.3, 0.4) is 0 Å². The molecule has 0 aliphatic carbocycles. The number of amides is 1. The van der Waals surface area contributed by atoms with Crippen LogP contribution in [0.25, 0.3) is 0 Å². The molecule has 0 bridgehead atoms. The van der Waals surface area contributed by atoms with Crippen LogP contribution in [0.2, 0.25) is 0 Å². The summed E-state index contributed by atoms with van der Waals surface area (Å²) in [6.45, 7) is 9.70. The summed E-state index contributed by atoms with van der Waals surface area (Å²) in [6, 6.07) is 14.1. The van der Waals surface area contributed by atoms with Gasteiger partial charge in [0.2, 0.25) is 0 Å². The van der Waals surface area contributed by atoms with E-state index in [4.69, 9.17) is 0 Å². The van der Waals surface area contributed by atoms with Crippen LogP contribution in [-0.2, 0) is 6.54 Å². The van der Waals surface area contributed by atoms with Crippen LogP contribution < -0.4 is 5.32 Å². The summed E-state index contributed by atoms with van der Waals surface area (Å²) in [6.07, 6.45) is 2.63. The summed E-state index contributed by atoms with van der Waals surface area (Å²) in [5.41, 5.74) is 5.09. The number of carbonyl (C=O) groups is 1. The highest BCUT2D eigenvalue weighted by atomic mass is 16.1. The molecule has 3 nitrogen and oxygen atoms in total. The lowest BCUT2D eigenvalue weighted by molar-refractivity contribution is 0.102. The second-order valence-electron chi connectivity index (χ2n) is 7.45. The van der Waals surface area contributed by atoms with E-state index in [1.165, 1.54) is 31.5 Å². The summed E-state index contributed by atoms with van der Waals surface area (Å²) in [5, 5.41) is 3.02. The lowest BCUT2D eigenvalue weighted by Crippen LogP contribution is -2.33. The minimum atomic E-state index is -0.0492. The summed E-state index contributed by atoms with van der Waals surface area (Å²) in [7, 11) is 0. The molecule has 0 unspecified atom stereocenters. The van der Waals surface area contributed by atoms with Crippen molar-refractivity contribution in [2.24, 2.45) is 5.92 Å². The van der Waals surface area contributed by atoms with E-state index in [-0.39, 0.29) is 5.91 Å². The summed E-state index contributed by atoms with van der Waals surface area (Å²) in [4.78, 5) is 15.0. The van der Waals surface area contributed by atoms with Crippen molar-refractivity contribution in [2.75, 3.05) is 18.4 Å². The zero-order chi connectivity index (χ0) is 17.8. The molecule has 1 atom stereocenters. The zero-order valence-corrected chi connectivity index (χ0v) is 15.5. The molecule has 0 aromatic heterocycles. The lowest BCUT2D eigenvalue weighted by atomic mass is 9.99. The molecule has 1 fully saturated rings. The first kappa shape index (κ1) is 17.7. The van der Waals surface area contributed by atoms with Gasteiger partial charge in [0.05, 0.1) is 0 Å². The molecule has 1 aliphatic rings. The van der Waals surface area contributed by atoms with E-state index in [0.29, 0.717) is 5.56 Å². The quantitative estimate of drug-likeness (QED) is 0.871. The van der Waals surface area contributed by atoms with Crippen molar-refractivity contribution in [2.45, 2.75) is 40.2 Å². The van der Waals surface area contributed by atoms with Gasteiger partial charge < -0.3 is 5.32 Å². The molecule has 1 N–H and O–H groups in total. The van der Waals surface area contributed by atoms with Gasteiger partial charge in [-0.05, 0) is 74.0 Å². The van der Waals surface area contributed by atoms with E-state index >= 15 is 0 Å². The molecule has 2 aromatic carbocycles. The topological polar surface area (TPSA) is 32.3 Å². The van der Waals surface area contributed by atoms with Crippen molar-refractivity contribution in [3.05, 3.63) is 64.7 Å². The summed E-state index contributed by atoms with van der Waals surface area (Å²) in [5.74, 6) is 0.739. The average Bonchev–Trinajstić information content (AvgIpc) is 2.59. The first-order valence-electron chi connectivity index (χ1n) is 9.21. The third-order valence-corrected chi connectivity index (χ3v) is 5.00. The van der Waals surface area contributed by atoms with Crippen molar-refractivity contribution in [3.63, 3.8) is 0 Å². The maximum atomic E-state index is 12.5. The van der Waals surface area contributed by atoms with Gasteiger partial charge >= 0.3 is 0 Å². The molecule has 0 saturated carbocycles. The molecule has 1 amide bonds. The number of hydrogen-bond acceptors (Lipinski definition) is 2. The van der Waals surface area contributed by atoms with Crippen molar-refractivity contribution < 1.29 is 4.79 Å². The molecule has 25 heavy (non-hydrogen) atoms. The second kappa shape index (κ2) is 7.83. The summed E-state index contributed by atoms with van der Waals surface area (Å²) >= 11 is 0. The normalized spacial score (nSPS) is 18.1. The van der Waals surface area contributed by atoms with Crippen LogP contribution >= 0.6 is 0 Å². The number of hydrogen-bond donors (Lipinski definition) is 1. The highest BCUT2D eigenvalue weighted by Crippen LogP contribution is 2.19. The van der Waals surface area contributed by atoms with E-state index in [0.717, 1.165) is 29.3 Å². The average molecular weight is 336 g/mol. The van der Waals surface area contributed by atoms with Crippen LogP contribution in [0.5, 0.6) is 0 Å². The molecule has 0 radical (unpaired) electrons. The first-order chi connectivity index (χ1) is 12.0. The number of piperidine rings is 1. The molecule has 132 valence electrons. The number of nitrogens with one attached hydrogen (secondary N) is 1. The van der Waals surface area contributed by atoms with Gasteiger partial charge in [0.15, 0.2) is 0 Å². The summed E-state index contributed by atoms with van der Waals surface area (Å²) < 4.78 is 0. The van der Waals surface area contributed by atoms with Gasteiger partial charge in [0.25, 0.3) is 5.91 Å². The zero-order valence-electron chi connectivity index (χ0n) is 15.5. The smallest absolute Gasteiger partial charge is 0.255 e. The number of rotatable bonds is 4. The molecule has 0 spiro atoms. The fourth-order valence-corrected chi connectivity index (χ4v) is 3.52. The number of aryl methyl sites for hydroxylation is 2. The van der Waals surface area contributed by atoms with Gasteiger partial charge in [-0.2, -0.15) is 0 Å². The van der Waals surface area contributed by atoms with Gasteiger partial charge in [0.1, 0.15) is 0 Å². The monoisotopic (exact) mass is 336 g/mol. The number of carbonyl (C=O) groups excluding carboxylic acids is 1. The van der Waals surface area contributed by atoms with Crippen molar-refractivity contribution >= 4 is 11.6 Å². The number of likely N-dealkylation sites (tertiary alicyclic amines) is 1. The highest BCUT2D eigenvalue weighted by molar-refractivity contribution is 6.04. The van der Waals surface area contributed by atoms with E-state index in [1.54, 1.807) is 0 Å². The van der Waals surface area contributed by atoms with Gasteiger partial charge in [-0.25, -0.2) is 0 Å². The molecule has 1 heterocycles. The Morgan fingerprint density at radius 3 is 2.64 bits per heavy atom. The SMILES string of the molecule is Cc1ccc(C)c(NC(=O)c2ccc(CN3CCC[C@H](C)C3)cc2)c1. The Kier molecular flexibility index (Phi) is 5.54. The maximum absolute atomic E-state index is 12.5. The predicted octanol–water partition coefficient (Wildman–Crippen LogP) is 4.79. The standard InChI is InChI=1S/C22H28N2O/c1-16-6-7-18(3)21(13-16)23-22(25)20-10-8-19(9-11-20)15-24-12-4-5-17(2)14-24/h6-11,13,17H,4-5,12,14-15H2,1-3H3,(H,23,25)/t17-/m0/s1. The second-order valence-corrected chi connectivity index (χ2v) is 7.45. The number of benzene rings is 2. The Hall–Kier alpha value is -2.13. The van der Waals surface area contributed by atoms with Crippen LogP contribution in [0.4, 0.5) is 5.69 Å². The van der Waals surface area contributed by atoms with Crippen molar-refractivity contribution in [1.82, 2.24) is 4.90 Å². The van der Waals surface area contributed by atoms with Crippen molar-refractivity contribution in [3.8, 4) is 0 Å². The van der Waals surface area contributed by atoms with Crippen LogP contribution in [0.1, 0.15) is 46.8 Å². The Morgan fingerprint density at radius 1 is 1.16 bits per heavy atom. The molecule has 1 saturated heterocycles. The van der Waals surface area contributed by atoms with E-state index in [1.807, 2.05) is 38.1 Å². The first-order valence-corrected chi connectivity index (χ1v) is 9.21. The van der Waals surface area contributed by atoms with Gasteiger partial charge in [0, 0.05) is 24.3 Å². The molecule has 3 rings (SSSR count). The van der Waals surface area contributed by atoms with Crippen LogP contribution in [0.15, 0.2) is 42.5 Å².